The van der Waals surface area contributed by atoms with E-state index in [-0.39, 0.29) is 24.7 Å². The number of ether oxygens (including phenoxy) is 1. The predicted octanol–water partition coefficient (Wildman–Crippen LogP) is 1.06. The first kappa shape index (κ1) is 18.8. The van der Waals surface area contributed by atoms with Crippen LogP contribution in [0.4, 0.5) is 4.39 Å². The van der Waals surface area contributed by atoms with E-state index in [4.69, 9.17) is 4.74 Å². The second-order valence-electron chi connectivity index (χ2n) is 4.87. The molecular weight excluding hydrogens is 303 g/mol. The van der Waals surface area contributed by atoms with Crippen LogP contribution in [0.15, 0.2) is 24.3 Å². The number of nitrogens with one attached hydrogen (secondary N) is 2. The molecule has 1 rings (SSSR count). The van der Waals surface area contributed by atoms with E-state index in [2.05, 4.69) is 10.6 Å². The number of carbonyl (C=O) groups is 3. The Morgan fingerprint density at radius 3 is 2.39 bits per heavy atom. The standard InChI is InChI=1S/C16H21FN2O4/c1-3-23-15(21)10-14(19-9-8-18-11(2)20)16(22)12-4-6-13(17)7-5-12/h4-7,14,19H,3,8-10H2,1-2H3,(H,18,20). The normalized spacial score (nSPS) is 11.6. The molecule has 2 N–H and O–H groups in total. The number of hydrogen-bond acceptors (Lipinski definition) is 5. The molecule has 0 aliphatic rings. The Bertz CT molecular complexity index is 546. The Balaban J connectivity index is 2.72. The number of esters is 1. The van der Waals surface area contributed by atoms with Crippen molar-refractivity contribution in [2.75, 3.05) is 19.7 Å². The van der Waals surface area contributed by atoms with Crippen molar-refractivity contribution in [3.05, 3.63) is 35.6 Å². The molecule has 1 amide bonds. The van der Waals surface area contributed by atoms with Gasteiger partial charge in [0.05, 0.1) is 19.1 Å². The fourth-order valence-corrected chi connectivity index (χ4v) is 1.94. The second-order valence-corrected chi connectivity index (χ2v) is 4.87. The first-order valence-electron chi connectivity index (χ1n) is 7.37. The van der Waals surface area contributed by atoms with Crippen molar-refractivity contribution in [1.29, 1.82) is 0 Å². The number of hydrogen-bond donors (Lipinski definition) is 2. The van der Waals surface area contributed by atoms with Gasteiger partial charge in [-0.1, -0.05) is 0 Å². The van der Waals surface area contributed by atoms with Crippen molar-refractivity contribution in [3.8, 4) is 0 Å². The van der Waals surface area contributed by atoms with E-state index in [0.717, 1.165) is 0 Å². The molecule has 0 aliphatic carbocycles. The van der Waals surface area contributed by atoms with Crippen LogP contribution >= 0.6 is 0 Å². The van der Waals surface area contributed by atoms with Crippen LogP contribution in [0.3, 0.4) is 0 Å². The Morgan fingerprint density at radius 2 is 1.83 bits per heavy atom. The summed E-state index contributed by atoms with van der Waals surface area (Å²) in [6.07, 6.45) is -0.135. The van der Waals surface area contributed by atoms with E-state index in [9.17, 15) is 18.8 Å². The lowest BCUT2D eigenvalue weighted by Gasteiger charge is -2.17. The number of rotatable bonds is 9. The number of Topliss-reactive ketones (excluding diaryl/α,β-unsaturated/α-hetero) is 1. The summed E-state index contributed by atoms with van der Waals surface area (Å²) in [6.45, 7) is 3.93. The molecule has 126 valence electrons. The maximum absolute atomic E-state index is 12.9. The molecule has 1 aromatic rings. The minimum absolute atomic E-state index is 0.135. The van der Waals surface area contributed by atoms with Crippen LogP contribution in [0, 0.1) is 5.82 Å². The highest BCUT2D eigenvalue weighted by atomic mass is 19.1. The third-order valence-corrected chi connectivity index (χ3v) is 3.01. The third kappa shape index (κ3) is 7.01. The van der Waals surface area contributed by atoms with Crippen LogP contribution in [0.5, 0.6) is 0 Å². The van der Waals surface area contributed by atoms with Crippen molar-refractivity contribution in [3.63, 3.8) is 0 Å². The fraction of sp³-hybridized carbons (Fsp3) is 0.438. The molecule has 0 saturated heterocycles. The first-order valence-corrected chi connectivity index (χ1v) is 7.37. The van der Waals surface area contributed by atoms with Gasteiger partial charge < -0.3 is 15.4 Å². The molecule has 1 aromatic carbocycles. The SMILES string of the molecule is CCOC(=O)CC(NCCNC(C)=O)C(=O)c1ccc(F)cc1. The zero-order chi connectivity index (χ0) is 17.2. The summed E-state index contributed by atoms with van der Waals surface area (Å²) in [5, 5.41) is 5.51. The van der Waals surface area contributed by atoms with Gasteiger partial charge in [-0.05, 0) is 31.2 Å². The number of halogens is 1. The molecule has 1 atom stereocenters. The minimum atomic E-state index is -0.798. The quantitative estimate of drug-likeness (QED) is 0.403. The van der Waals surface area contributed by atoms with Crippen molar-refractivity contribution in [2.45, 2.75) is 26.3 Å². The van der Waals surface area contributed by atoms with E-state index in [1.807, 2.05) is 0 Å². The van der Waals surface area contributed by atoms with Crippen LogP contribution in [0.25, 0.3) is 0 Å². The van der Waals surface area contributed by atoms with Gasteiger partial charge >= 0.3 is 5.97 Å². The van der Waals surface area contributed by atoms with Gasteiger partial charge in [0.2, 0.25) is 5.91 Å². The molecule has 0 heterocycles. The second kappa shape index (κ2) is 9.68. The average Bonchev–Trinajstić information content (AvgIpc) is 2.50. The molecule has 6 nitrogen and oxygen atoms in total. The molecule has 0 bridgehead atoms. The number of benzene rings is 1. The smallest absolute Gasteiger partial charge is 0.307 e. The van der Waals surface area contributed by atoms with Crippen LogP contribution in [-0.4, -0.2) is 43.4 Å². The third-order valence-electron chi connectivity index (χ3n) is 3.01. The van der Waals surface area contributed by atoms with Crippen LogP contribution in [-0.2, 0) is 14.3 Å². The van der Waals surface area contributed by atoms with Gasteiger partial charge in [0.15, 0.2) is 5.78 Å². The summed E-state index contributed by atoms with van der Waals surface area (Å²) < 4.78 is 17.8. The Morgan fingerprint density at radius 1 is 1.17 bits per heavy atom. The summed E-state index contributed by atoms with van der Waals surface area (Å²) in [5.74, 6) is -1.46. The summed E-state index contributed by atoms with van der Waals surface area (Å²) >= 11 is 0. The zero-order valence-electron chi connectivity index (χ0n) is 13.2. The maximum atomic E-state index is 12.9. The lowest BCUT2D eigenvalue weighted by molar-refractivity contribution is -0.143. The van der Waals surface area contributed by atoms with Crippen molar-refractivity contribution >= 4 is 17.7 Å². The van der Waals surface area contributed by atoms with Gasteiger partial charge in [-0.2, -0.15) is 0 Å². The summed E-state index contributed by atoms with van der Waals surface area (Å²) in [4.78, 5) is 34.9. The van der Waals surface area contributed by atoms with Crippen LogP contribution in [0.2, 0.25) is 0 Å². The molecule has 23 heavy (non-hydrogen) atoms. The topological polar surface area (TPSA) is 84.5 Å². The van der Waals surface area contributed by atoms with E-state index >= 15 is 0 Å². The molecule has 0 spiro atoms. The first-order chi connectivity index (χ1) is 10.9. The van der Waals surface area contributed by atoms with Crippen LogP contribution < -0.4 is 10.6 Å². The van der Waals surface area contributed by atoms with Gasteiger partial charge in [-0.25, -0.2) is 4.39 Å². The average molecular weight is 324 g/mol. The molecule has 0 aliphatic heterocycles. The lowest BCUT2D eigenvalue weighted by atomic mass is 10.0. The van der Waals surface area contributed by atoms with E-state index in [1.165, 1.54) is 31.2 Å². The highest BCUT2D eigenvalue weighted by molar-refractivity contribution is 6.01. The van der Waals surface area contributed by atoms with Gasteiger partial charge in [0.1, 0.15) is 5.82 Å². The highest BCUT2D eigenvalue weighted by Gasteiger charge is 2.23. The number of carbonyl (C=O) groups excluding carboxylic acids is 3. The molecule has 0 aromatic heterocycles. The van der Waals surface area contributed by atoms with Gasteiger partial charge in [0, 0.05) is 25.6 Å². The minimum Gasteiger partial charge on any atom is -0.466 e. The van der Waals surface area contributed by atoms with E-state index in [0.29, 0.717) is 18.7 Å². The monoisotopic (exact) mass is 324 g/mol. The zero-order valence-corrected chi connectivity index (χ0v) is 13.2. The van der Waals surface area contributed by atoms with Crippen molar-refractivity contribution in [1.82, 2.24) is 10.6 Å². The Hall–Kier alpha value is -2.28. The number of amides is 1. The molecule has 0 fully saturated rings. The summed E-state index contributed by atoms with van der Waals surface area (Å²) in [6, 6.07) is 4.31. The van der Waals surface area contributed by atoms with Gasteiger partial charge in [0.25, 0.3) is 0 Å². The fourth-order valence-electron chi connectivity index (χ4n) is 1.94. The lowest BCUT2D eigenvalue weighted by Crippen LogP contribution is -2.42. The van der Waals surface area contributed by atoms with Crippen LogP contribution in [0.1, 0.15) is 30.6 Å². The largest absolute Gasteiger partial charge is 0.466 e. The summed E-state index contributed by atoms with van der Waals surface area (Å²) in [7, 11) is 0. The Labute approximate surface area is 134 Å². The van der Waals surface area contributed by atoms with Gasteiger partial charge in [-0.15, -0.1) is 0 Å². The molecule has 7 heteroatoms. The molecular formula is C16H21FN2O4. The predicted molar refractivity (Wildman–Crippen MR) is 82.5 cm³/mol. The maximum Gasteiger partial charge on any atom is 0.307 e. The summed E-state index contributed by atoms with van der Waals surface area (Å²) in [5.41, 5.74) is 0.299. The molecule has 1 unspecified atom stereocenters. The number of ketones is 1. The van der Waals surface area contributed by atoms with E-state index in [1.54, 1.807) is 6.92 Å². The van der Waals surface area contributed by atoms with Crippen molar-refractivity contribution in [2.24, 2.45) is 0 Å². The highest BCUT2D eigenvalue weighted by Crippen LogP contribution is 2.09. The molecule has 0 radical (unpaired) electrons. The molecule has 0 saturated carbocycles. The van der Waals surface area contributed by atoms with E-state index < -0.39 is 17.8 Å². The van der Waals surface area contributed by atoms with Gasteiger partial charge in [-0.3, -0.25) is 14.4 Å². The van der Waals surface area contributed by atoms with Crippen molar-refractivity contribution < 1.29 is 23.5 Å². The Kier molecular flexibility index (Phi) is 7.90.